The molecule has 5 nitrogen and oxygen atoms in total. The number of nitrogens with one attached hydrogen (secondary N) is 1. The van der Waals surface area contributed by atoms with Crippen molar-refractivity contribution in [3.05, 3.63) is 42.2 Å². The zero-order valence-corrected chi connectivity index (χ0v) is 12.8. The quantitative estimate of drug-likeness (QED) is 0.944. The van der Waals surface area contributed by atoms with Crippen molar-refractivity contribution >= 4 is 0 Å². The molecule has 5 heteroatoms. The van der Waals surface area contributed by atoms with Crippen molar-refractivity contribution in [3.8, 4) is 23.2 Å². The standard InChI is InChI=1S/C18H18N4O/c19-11-12-6-13(18-20-4-1-5-21-18)8-16(7-12)23-17-9-14-2-3-15(10-17)22-14/h1,4-8,14-15,17,22H,2-3,9-10H2. The van der Waals surface area contributed by atoms with Crippen LogP contribution in [0.1, 0.15) is 31.2 Å². The van der Waals surface area contributed by atoms with Gasteiger partial charge in [0, 0.05) is 30.0 Å². The van der Waals surface area contributed by atoms with E-state index < -0.39 is 0 Å². The minimum Gasteiger partial charge on any atom is -0.490 e. The molecule has 2 unspecified atom stereocenters. The molecule has 3 heterocycles. The summed E-state index contributed by atoms with van der Waals surface area (Å²) in [7, 11) is 0. The molecule has 0 aliphatic carbocycles. The van der Waals surface area contributed by atoms with Crippen molar-refractivity contribution in [2.24, 2.45) is 0 Å². The Balaban J connectivity index is 1.60. The van der Waals surface area contributed by atoms with Gasteiger partial charge >= 0.3 is 0 Å². The molecule has 1 N–H and O–H groups in total. The van der Waals surface area contributed by atoms with Gasteiger partial charge in [-0.2, -0.15) is 5.26 Å². The van der Waals surface area contributed by atoms with Gasteiger partial charge in [0.15, 0.2) is 5.82 Å². The molecular formula is C18H18N4O. The van der Waals surface area contributed by atoms with Gasteiger partial charge in [-0.3, -0.25) is 0 Å². The van der Waals surface area contributed by atoms with Gasteiger partial charge in [0.1, 0.15) is 11.9 Å². The van der Waals surface area contributed by atoms with E-state index in [9.17, 15) is 5.26 Å². The smallest absolute Gasteiger partial charge is 0.159 e. The fraction of sp³-hybridized carbons (Fsp3) is 0.389. The maximum atomic E-state index is 9.28. The molecule has 2 aromatic rings. The Morgan fingerprint density at radius 1 is 1.09 bits per heavy atom. The van der Waals surface area contributed by atoms with Gasteiger partial charge in [0.2, 0.25) is 0 Å². The van der Waals surface area contributed by atoms with Crippen LogP contribution in [0, 0.1) is 11.3 Å². The van der Waals surface area contributed by atoms with Gasteiger partial charge in [-0.1, -0.05) is 0 Å². The van der Waals surface area contributed by atoms with Crippen LogP contribution in [-0.4, -0.2) is 28.2 Å². The lowest BCUT2D eigenvalue weighted by molar-refractivity contribution is 0.137. The molecule has 1 aromatic heterocycles. The Morgan fingerprint density at radius 2 is 1.83 bits per heavy atom. The summed E-state index contributed by atoms with van der Waals surface area (Å²) < 4.78 is 6.19. The summed E-state index contributed by atoms with van der Waals surface area (Å²) in [5.74, 6) is 1.35. The van der Waals surface area contributed by atoms with Crippen LogP contribution in [0.15, 0.2) is 36.7 Å². The second-order valence-electron chi connectivity index (χ2n) is 6.28. The lowest BCUT2D eigenvalue weighted by atomic mass is 10.0. The maximum Gasteiger partial charge on any atom is 0.159 e. The van der Waals surface area contributed by atoms with Crippen molar-refractivity contribution < 1.29 is 4.74 Å². The van der Waals surface area contributed by atoms with Gasteiger partial charge in [-0.15, -0.1) is 0 Å². The Labute approximate surface area is 135 Å². The first-order valence-electron chi connectivity index (χ1n) is 8.05. The number of rotatable bonds is 3. The van der Waals surface area contributed by atoms with Crippen molar-refractivity contribution in [2.75, 3.05) is 0 Å². The maximum absolute atomic E-state index is 9.28. The largest absolute Gasteiger partial charge is 0.490 e. The Morgan fingerprint density at radius 3 is 2.52 bits per heavy atom. The number of hydrogen-bond acceptors (Lipinski definition) is 5. The van der Waals surface area contributed by atoms with Crippen LogP contribution < -0.4 is 10.1 Å². The van der Waals surface area contributed by atoms with E-state index in [0.717, 1.165) is 24.2 Å². The number of nitriles is 1. The number of nitrogens with zero attached hydrogens (tertiary/aromatic N) is 3. The topological polar surface area (TPSA) is 70.8 Å². The Kier molecular flexibility index (Phi) is 3.68. The zero-order valence-electron chi connectivity index (χ0n) is 12.8. The van der Waals surface area contributed by atoms with Gasteiger partial charge in [0.25, 0.3) is 0 Å². The van der Waals surface area contributed by atoms with Gasteiger partial charge in [0.05, 0.1) is 11.6 Å². The molecule has 2 atom stereocenters. The second-order valence-corrected chi connectivity index (χ2v) is 6.28. The molecule has 1 aromatic carbocycles. The van der Waals surface area contributed by atoms with Crippen LogP contribution >= 0.6 is 0 Å². The number of aromatic nitrogens is 2. The van der Waals surface area contributed by atoms with E-state index in [0.29, 0.717) is 23.5 Å². The van der Waals surface area contributed by atoms with E-state index in [1.54, 1.807) is 30.6 Å². The molecule has 4 rings (SSSR count). The lowest BCUT2D eigenvalue weighted by Crippen LogP contribution is -2.42. The van der Waals surface area contributed by atoms with E-state index in [4.69, 9.17) is 4.74 Å². The van der Waals surface area contributed by atoms with Crippen molar-refractivity contribution in [3.63, 3.8) is 0 Å². The summed E-state index contributed by atoms with van der Waals surface area (Å²) in [4.78, 5) is 8.52. The third-order valence-electron chi connectivity index (χ3n) is 4.59. The lowest BCUT2D eigenvalue weighted by Gasteiger charge is -2.29. The average molecular weight is 306 g/mol. The number of fused-ring (bicyclic) bond motifs is 2. The molecule has 0 amide bonds. The van der Waals surface area contributed by atoms with E-state index in [1.807, 2.05) is 6.07 Å². The summed E-state index contributed by atoms with van der Waals surface area (Å²) >= 11 is 0. The predicted molar refractivity (Wildman–Crippen MR) is 85.8 cm³/mol. The van der Waals surface area contributed by atoms with Crippen LogP contribution in [0.25, 0.3) is 11.4 Å². The van der Waals surface area contributed by atoms with Crippen LogP contribution in [-0.2, 0) is 0 Å². The number of hydrogen-bond donors (Lipinski definition) is 1. The molecule has 116 valence electrons. The predicted octanol–water partition coefficient (Wildman–Crippen LogP) is 2.68. The van der Waals surface area contributed by atoms with Gasteiger partial charge in [-0.05, 0) is 49.9 Å². The molecule has 0 spiro atoms. The molecule has 23 heavy (non-hydrogen) atoms. The van der Waals surface area contributed by atoms with Crippen molar-refractivity contribution in [1.82, 2.24) is 15.3 Å². The summed E-state index contributed by atoms with van der Waals surface area (Å²) in [5, 5.41) is 12.9. The summed E-state index contributed by atoms with van der Waals surface area (Å²) in [6.45, 7) is 0. The molecule has 2 saturated heterocycles. The minimum absolute atomic E-state index is 0.215. The summed E-state index contributed by atoms with van der Waals surface area (Å²) in [5.41, 5.74) is 1.39. The Bertz CT molecular complexity index is 728. The van der Waals surface area contributed by atoms with Gasteiger partial charge in [-0.25, -0.2) is 9.97 Å². The van der Waals surface area contributed by atoms with Gasteiger partial charge < -0.3 is 10.1 Å². The highest BCUT2D eigenvalue weighted by Crippen LogP contribution is 2.31. The van der Waals surface area contributed by atoms with Crippen LogP contribution in [0.5, 0.6) is 5.75 Å². The first kappa shape index (κ1) is 14.2. The molecular weight excluding hydrogens is 288 g/mol. The monoisotopic (exact) mass is 306 g/mol. The van der Waals surface area contributed by atoms with Crippen molar-refractivity contribution in [1.29, 1.82) is 5.26 Å². The third kappa shape index (κ3) is 3.03. The molecule has 0 saturated carbocycles. The molecule has 2 fully saturated rings. The van der Waals surface area contributed by atoms with Crippen LogP contribution in [0.2, 0.25) is 0 Å². The first-order chi connectivity index (χ1) is 11.3. The molecule has 2 bridgehead atoms. The number of ether oxygens (including phenoxy) is 1. The highest BCUT2D eigenvalue weighted by molar-refractivity contribution is 5.60. The van der Waals surface area contributed by atoms with E-state index >= 15 is 0 Å². The number of benzene rings is 1. The van der Waals surface area contributed by atoms with Crippen LogP contribution in [0.3, 0.4) is 0 Å². The SMILES string of the molecule is N#Cc1cc(OC2CC3CCC(C2)N3)cc(-c2ncccn2)c1. The van der Waals surface area contributed by atoms with Crippen LogP contribution in [0.4, 0.5) is 0 Å². The zero-order chi connectivity index (χ0) is 15.6. The van der Waals surface area contributed by atoms with E-state index in [1.165, 1.54) is 12.8 Å². The number of piperidine rings is 1. The fourth-order valence-corrected chi connectivity index (χ4v) is 3.60. The minimum atomic E-state index is 0.215. The highest BCUT2D eigenvalue weighted by atomic mass is 16.5. The molecule has 2 aliphatic heterocycles. The third-order valence-corrected chi connectivity index (χ3v) is 4.59. The first-order valence-corrected chi connectivity index (χ1v) is 8.05. The highest BCUT2D eigenvalue weighted by Gasteiger charge is 2.34. The van der Waals surface area contributed by atoms with E-state index in [2.05, 4.69) is 21.4 Å². The summed E-state index contributed by atoms with van der Waals surface area (Å²) in [6.07, 6.45) is 8.16. The van der Waals surface area contributed by atoms with E-state index in [-0.39, 0.29) is 6.10 Å². The molecule has 0 radical (unpaired) electrons. The normalized spacial score (nSPS) is 25.8. The molecule has 2 aliphatic rings. The Hall–Kier alpha value is -2.45. The average Bonchev–Trinajstić information content (AvgIpc) is 2.94. The second kappa shape index (κ2) is 5.98. The fourth-order valence-electron chi connectivity index (χ4n) is 3.60. The van der Waals surface area contributed by atoms with Crippen molar-refractivity contribution in [2.45, 2.75) is 43.9 Å². The summed E-state index contributed by atoms with van der Waals surface area (Å²) in [6, 6.07) is 10.7.